The first-order valence-electron chi connectivity index (χ1n) is 13.9. The lowest BCUT2D eigenvalue weighted by atomic mass is 9.33. The molecule has 0 amide bonds. The Bertz CT molecular complexity index is 995. The van der Waals surface area contributed by atoms with Gasteiger partial charge in [-0.2, -0.15) is 0 Å². The van der Waals surface area contributed by atoms with Gasteiger partial charge in [0, 0.05) is 17.8 Å². The van der Waals surface area contributed by atoms with Crippen LogP contribution in [0.2, 0.25) is 0 Å². The molecule has 10 atom stereocenters. The summed E-state index contributed by atoms with van der Waals surface area (Å²) < 4.78 is 0. The van der Waals surface area contributed by atoms with Crippen molar-refractivity contribution >= 4 is 11.8 Å². The fourth-order valence-corrected chi connectivity index (χ4v) is 10.8. The van der Waals surface area contributed by atoms with E-state index in [0.29, 0.717) is 19.3 Å². The molecule has 0 aromatic heterocycles. The summed E-state index contributed by atoms with van der Waals surface area (Å²) in [6.45, 7) is 15.1. The lowest BCUT2D eigenvalue weighted by Gasteiger charge is -2.71. The molecule has 0 bridgehead atoms. The van der Waals surface area contributed by atoms with Crippen LogP contribution in [-0.4, -0.2) is 38.8 Å². The van der Waals surface area contributed by atoms with Gasteiger partial charge in [-0.05, 0) is 85.9 Å². The number of carboxylic acid groups (broad SMARTS) is 1. The van der Waals surface area contributed by atoms with E-state index in [1.807, 2.05) is 6.92 Å². The third kappa shape index (κ3) is 2.83. The van der Waals surface area contributed by atoms with Crippen molar-refractivity contribution in [2.75, 3.05) is 0 Å². The zero-order chi connectivity index (χ0) is 26.0. The van der Waals surface area contributed by atoms with Crippen molar-refractivity contribution in [2.45, 2.75) is 112 Å². The molecule has 5 aliphatic rings. The highest BCUT2D eigenvalue weighted by Crippen LogP contribution is 2.75. The van der Waals surface area contributed by atoms with Crippen molar-refractivity contribution in [1.82, 2.24) is 0 Å². The standard InChI is InChI=1S/C30H46O5/c1-17-10-13-30(24(33)34)15-14-27(5)18(22(30)29(17,7)35)8-9-21-26(4)16-19(31)23(32)25(2,3)20(26)11-12-28(21,27)6/h8,17,20-23,32,35H,9-16H2,1-7H3,(H,33,34)/t17-,20-,21+,22-,23+,26+,27-,28-,29-,30+/m1/s1. The Morgan fingerprint density at radius 1 is 0.971 bits per heavy atom. The highest BCUT2D eigenvalue weighted by atomic mass is 16.4. The number of fused-ring (bicyclic) bond motifs is 7. The Kier molecular flexibility index (Phi) is 5.25. The fourth-order valence-electron chi connectivity index (χ4n) is 10.8. The Hall–Kier alpha value is -1.20. The van der Waals surface area contributed by atoms with E-state index in [2.05, 4.69) is 47.6 Å². The first kappa shape index (κ1) is 25.4. The highest BCUT2D eigenvalue weighted by Gasteiger charge is 2.71. The van der Waals surface area contributed by atoms with Gasteiger partial charge in [0.25, 0.3) is 0 Å². The van der Waals surface area contributed by atoms with Gasteiger partial charge in [-0.3, -0.25) is 9.59 Å². The van der Waals surface area contributed by atoms with E-state index in [4.69, 9.17) is 0 Å². The zero-order valence-corrected chi connectivity index (χ0v) is 22.8. The van der Waals surface area contributed by atoms with Gasteiger partial charge in [-0.25, -0.2) is 0 Å². The van der Waals surface area contributed by atoms with Gasteiger partial charge >= 0.3 is 5.97 Å². The fraction of sp³-hybridized carbons (Fsp3) is 0.867. The second-order valence-corrected chi connectivity index (χ2v) is 14.7. The summed E-state index contributed by atoms with van der Waals surface area (Å²) in [5, 5.41) is 33.2. The van der Waals surface area contributed by atoms with Gasteiger partial charge in [-0.15, -0.1) is 0 Å². The number of hydrogen-bond acceptors (Lipinski definition) is 4. The maximum Gasteiger partial charge on any atom is 0.310 e. The van der Waals surface area contributed by atoms with Crippen LogP contribution in [0.1, 0.15) is 99.8 Å². The molecule has 3 N–H and O–H groups in total. The molecule has 0 aromatic carbocycles. The van der Waals surface area contributed by atoms with Crippen molar-refractivity contribution in [3.05, 3.63) is 11.6 Å². The number of carbonyl (C=O) groups is 2. The van der Waals surface area contributed by atoms with Crippen LogP contribution in [0.15, 0.2) is 11.6 Å². The SMILES string of the molecule is C[C@@H]1CC[C@]2(C(=O)O)CC[C@]3(C)C(=CC[C@H]4[C@@]5(C)CC(=O)[C@H](O)C(C)(C)[C@H]5CC[C@]43C)[C@@H]2[C@]1(C)O. The number of aliphatic hydroxyl groups excluding tert-OH is 1. The number of allylic oxidation sites excluding steroid dienone is 1. The van der Waals surface area contributed by atoms with E-state index in [0.717, 1.165) is 32.1 Å². The predicted octanol–water partition coefficient (Wildman–Crippen LogP) is 5.38. The number of Topliss-reactive ketones (excluding diaryl/α,β-unsaturated/α-hetero) is 1. The first-order chi connectivity index (χ1) is 16.0. The van der Waals surface area contributed by atoms with Crippen LogP contribution in [-0.2, 0) is 9.59 Å². The summed E-state index contributed by atoms with van der Waals surface area (Å²) in [6.07, 6.45) is 7.35. The number of aliphatic carboxylic acids is 1. The Labute approximate surface area is 210 Å². The first-order valence-corrected chi connectivity index (χ1v) is 13.9. The number of rotatable bonds is 1. The van der Waals surface area contributed by atoms with Gasteiger partial charge in [-0.1, -0.05) is 53.2 Å². The maximum absolute atomic E-state index is 13.1. The van der Waals surface area contributed by atoms with Gasteiger partial charge in [0.2, 0.25) is 0 Å². The van der Waals surface area contributed by atoms with Crippen molar-refractivity contribution in [1.29, 1.82) is 0 Å². The zero-order valence-electron chi connectivity index (χ0n) is 22.8. The average molecular weight is 487 g/mol. The van der Waals surface area contributed by atoms with Gasteiger partial charge in [0.05, 0.1) is 11.0 Å². The van der Waals surface area contributed by atoms with Crippen LogP contribution < -0.4 is 0 Å². The molecule has 5 heteroatoms. The summed E-state index contributed by atoms with van der Waals surface area (Å²) in [5.41, 5.74) is -1.78. The lowest BCUT2D eigenvalue weighted by molar-refractivity contribution is -0.215. The molecule has 0 aromatic rings. The molecule has 196 valence electrons. The molecule has 4 fully saturated rings. The number of carboxylic acids is 1. The van der Waals surface area contributed by atoms with E-state index in [1.165, 1.54) is 5.57 Å². The normalized spacial score (nSPS) is 55.1. The van der Waals surface area contributed by atoms with E-state index in [-0.39, 0.29) is 45.7 Å². The maximum atomic E-state index is 13.1. The van der Waals surface area contributed by atoms with Gasteiger partial charge in [0.15, 0.2) is 5.78 Å². The smallest absolute Gasteiger partial charge is 0.310 e. The van der Waals surface area contributed by atoms with Crippen molar-refractivity contribution in [3.8, 4) is 0 Å². The molecule has 0 saturated heterocycles. The summed E-state index contributed by atoms with van der Waals surface area (Å²) >= 11 is 0. The summed E-state index contributed by atoms with van der Waals surface area (Å²) in [4.78, 5) is 25.9. The molecule has 5 nitrogen and oxygen atoms in total. The Morgan fingerprint density at radius 3 is 2.26 bits per heavy atom. The minimum atomic E-state index is -1.07. The van der Waals surface area contributed by atoms with Crippen LogP contribution in [0.3, 0.4) is 0 Å². The summed E-state index contributed by atoms with van der Waals surface area (Å²) in [5.74, 6) is -0.588. The average Bonchev–Trinajstić information content (AvgIpc) is 2.75. The molecule has 5 rings (SSSR count). The number of hydrogen-bond donors (Lipinski definition) is 3. The Morgan fingerprint density at radius 2 is 1.63 bits per heavy atom. The van der Waals surface area contributed by atoms with Gasteiger partial charge < -0.3 is 15.3 Å². The third-order valence-corrected chi connectivity index (χ3v) is 13.2. The molecule has 4 saturated carbocycles. The van der Waals surface area contributed by atoms with E-state index >= 15 is 0 Å². The number of aliphatic hydroxyl groups is 2. The predicted molar refractivity (Wildman–Crippen MR) is 134 cm³/mol. The van der Waals surface area contributed by atoms with Crippen LogP contribution in [0, 0.1) is 50.7 Å². The molecule has 0 aliphatic heterocycles. The minimum Gasteiger partial charge on any atom is -0.481 e. The monoisotopic (exact) mass is 486 g/mol. The van der Waals surface area contributed by atoms with Crippen molar-refractivity contribution in [2.24, 2.45) is 50.7 Å². The summed E-state index contributed by atoms with van der Waals surface area (Å²) in [6, 6.07) is 0. The lowest BCUT2D eigenvalue weighted by Crippen LogP contribution is -2.68. The van der Waals surface area contributed by atoms with Crippen LogP contribution in [0.5, 0.6) is 0 Å². The topological polar surface area (TPSA) is 94.8 Å². The molecule has 35 heavy (non-hydrogen) atoms. The number of ketones is 1. The van der Waals surface area contributed by atoms with E-state index in [1.54, 1.807) is 0 Å². The van der Waals surface area contributed by atoms with Crippen LogP contribution >= 0.6 is 0 Å². The van der Waals surface area contributed by atoms with Crippen molar-refractivity contribution in [3.63, 3.8) is 0 Å². The molecular weight excluding hydrogens is 440 g/mol. The van der Waals surface area contributed by atoms with Crippen molar-refractivity contribution < 1.29 is 24.9 Å². The Balaban J connectivity index is 1.65. The second kappa shape index (κ2) is 7.22. The largest absolute Gasteiger partial charge is 0.481 e. The molecule has 5 aliphatic carbocycles. The molecule has 0 spiro atoms. The molecule has 0 heterocycles. The summed E-state index contributed by atoms with van der Waals surface area (Å²) in [7, 11) is 0. The highest BCUT2D eigenvalue weighted by molar-refractivity contribution is 5.85. The molecule has 0 radical (unpaired) electrons. The molecular formula is C30H46O5. The van der Waals surface area contributed by atoms with E-state index < -0.39 is 28.5 Å². The molecule has 0 unspecified atom stereocenters. The van der Waals surface area contributed by atoms with Gasteiger partial charge in [0.1, 0.15) is 6.10 Å². The third-order valence-electron chi connectivity index (χ3n) is 13.2. The minimum absolute atomic E-state index is 0.0319. The second-order valence-electron chi connectivity index (χ2n) is 14.7. The number of carbonyl (C=O) groups excluding carboxylic acids is 1. The quantitative estimate of drug-likeness (QED) is 0.432. The van der Waals surface area contributed by atoms with Crippen LogP contribution in [0.4, 0.5) is 0 Å². The van der Waals surface area contributed by atoms with Crippen LogP contribution in [0.25, 0.3) is 0 Å². The van der Waals surface area contributed by atoms with E-state index in [9.17, 15) is 24.9 Å².